The Hall–Kier alpha value is -2.18. The van der Waals surface area contributed by atoms with Gasteiger partial charge in [-0.05, 0) is 0 Å². The van der Waals surface area contributed by atoms with Crippen LogP contribution in [0.3, 0.4) is 0 Å². The van der Waals surface area contributed by atoms with E-state index in [0.717, 1.165) is 0 Å². The van der Waals surface area contributed by atoms with Crippen molar-refractivity contribution >= 4 is 12.2 Å². The first-order valence-corrected chi connectivity index (χ1v) is 28.2. The van der Waals surface area contributed by atoms with Crippen molar-refractivity contribution in [3.05, 3.63) is 128 Å². The van der Waals surface area contributed by atoms with Crippen LogP contribution in [0.15, 0.2) is 83.9 Å². The zero-order chi connectivity index (χ0) is 40.9. The third kappa shape index (κ3) is 8.39. The smallest absolute Gasteiger partial charge is 1.00 e. The normalized spacial score (nSPS) is 18.3. The second-order valence-electron chi connectivity index (χ2n) is 22.8. The Bertz CT molecular complexity index is 2010. The minimum Gasteiger partial charge on any atom is -1.00 e. The average Bonchev–Trinajstić information content (AvgIpc) is 3.67. The van der Waals surface area contributed by atoms with Gasteiger partial charge in [-0.25, -0.2) is 0 Å². The minimum absolute atomic E-state index is 0. The van der Waals surface area contributed by atoms with Crippen molar-refractivity contribution in [1.29, 1.82) is 0 Å². The van der Waals surface area contributed by atoms with Gasteiger partial charge >= 0.3 is 349 Å². The quantitative estimate of drug-likeness (QED) is 0.181. The molecule has 0 saturated carbocycles. The van der Waals surface area contributed by atoms with Crippen LogP contribution >= 0.6 is 0 Å². The summed E-state index contributed by atoms with van der Waals surface area (Å²) in [7, 11) is 0. The zero-order valence-corrected chi connectivity index (χ0v) is 42.7. The molecule has 3 heteroatoms. The maximum absolute atomic E-state index is 3.07. The number of fused-ring (bicyclic) bond motifs is 2. The predicted octanol–water partition coefficient (Wildman–Crippen LogP) is 10.5. The maximum atomic E-state index is 2.70. The fourth-order valence-electron chi connectivity index (χ4n) is 10.3. The molecule has 4 aromatic rings. The van der Waals surface area contributed by atoms with Crippen LogP contribution in [0.5, 0.6) is 0 Å². The molecule has 0 aromatic heterocycles. The van der Waals surface area contributed by atoms with Crippen LogP contribution in [0.4, 0.5) is 0 Å². The average molecular weight is 895 g/mol. The van der Waals surface area contributed by atoms with Crippen LogP contribution in [0, 0.1) is 11.8 Å². The molecule has 0 amide bonds. The molecule has 1 saturated heterocycles. The first-order valence-electron chi connectivity index (χ1n) is 21.9. The molecule has 4 aromatic carbocycles. The van der Waals surface area contributed by atoms with Crippen molar-refractivity contribution < 1.29 is 45.1 Å². The summed E-state index contributed by atoms with van der Waals surface area (Å²) in [5, 5.41) is 0. The van der Waals surface area contributed by atoms with E-state index in [9.17, 15) is 0 Å². The van der Waals surface area contributed by atoms with Gasteiger partial charge in [0.15, 0.2) is 0 Å². The molecule has 58 heavy (non-hydrogen) atoms. The van der Waals surface area contributed by atoms with Crippen LogP contribution in [0.2, 0.25) is 8.26 Å². The summed E-state index contributed by atoms with van der Waals surface area (Å²) in [6.07, 6.45) is 6.80. The number of halogens is 2. The monoisotopic (exact) mass is 892 g/mol. The molecule has 0 nitrogen and oxygen atoms in total. The second kappa shape index (κ2) is 16.3. The van der Waals surface area contributed by atoms with Gasteiger partial charge in [0, 0.05) is 0 Å². The molecule has 2 atom stereocenters. The number of rotatable bonds is 6. The van der Waals surface area contributed by atoms with Crippen LogP contribution < -0.4 is 24.8 Å². The SMILES string of the molecule is CC(C)C1=Cc2c(-c3cc(C(C)(C)C)cc(C(C)(C)C)c3)cccc2[CH]1[Zr+2]1([CH]2C(C(C)C)=Cc3c(-c4cc(C(C)(C)C)cc(C(C)(C)C)c4)cccc32)[CH2]C[CH2]1.[Cl-].[Cl-]. The summed E-state index contributed by atoms with van der Waals surface area (Å²) in [5.41, 5.74) is 21.5. The topological polar surface area (TPSA) is 0 Å². The van der Waals surface area contributed by atoms with Crippen LogP contribution in [0.25, 0.3) is 34.4 Å². The van der Waals surface area contributed by atoms with Gasteiger partial charge in [0.2, 0.25) is 0 Å². The van der Waals surface area contributed by atoms with Crippen molar-refractivity contribution in [3.8, 4) is 22.3 Å². The minimum atomic E-state index is -3.07. The van der Waals surface area contributed by atoms with E-state index in [2.05, 4.69) is 196 Å². The molecule has 2 unspecified atom stereocenters. The van der Waals surface area contributed by atoms with Crippen molar-refractivity contribution in [2.75, 3.05) is 0 Å². The molecular weight excluding hydrogens is 823 g/mol. The molecular formula is C55H72Cl2Zr. The van der Waals surface area contributed by atoms with Crippen molar-refractivity contribution in [1.82, 2.24) is 0 Å². The van der Waals surface area contributed by atoms with E-state index in [1.165, 1.54) is 70.3 Å². The van der Waals surface area contributed by atoms with Gasteiger partial charge in [0.1, 0.15) is 0 Å². The van der Waals surface area contributed by atoms with E-state index >= 15 is 0 Å². The third-order valence-corrected chi connectivity index (χ3v) is 29.0. The first kappa shape index (κ1) is 46.9. The molecule has 2 aliphatic carbocycles. The van der Waals surface area contributed by atoms with E-state index in [4.69, 9.17) is 0 Å². The van der Waals surface area contributed by atoms with E-state index in [1.807, 2.05) is 0 Å². The third-order valence-electron chi connectivity index (χ3n) is 13.9. The van der Waals surface area contributed by atoms with Crippen LogP contribution in [0.1, 0.15) is 169 Å². The van der Waals surface area contributed by atoms with Gasteiger partial charge in [-0.2, -0.15) is 0 Å². The predicted molar refractivity (Wildman–Crippen MR) is 244 cm³/mol. The van der Waals surface area contributed by atoms with E-state index in [-0.39, 0.29) is 46.5 Å². The van der Waals surface area contributed by atoms with Crippen LogP contribution in [-0.2, 0) is 41.9 Å². The van der Waals surface area contributed by atoms with Gasteiger partial charge < -0.3 is 24.8 Å². The molecule has 310 valence electrons. The Morgan fingerprint density at radius 2 is 0.776 bits per heavy atom. The summed E-state index contributed by atoms with van der Waals surface area (Å²) in [4.78, 5) is 0. The summed E-state index contributed by atoms with van der Waals surface area (Å²) in [5.74, 6) is 1.05. The molecule has 0 bridgehead atoms. The Balaban J connectivity index is 0.00000320. The van der Waals surface area contributed by atoms with E-state index in [1.54, 1.807) is 22.3 Å². The Morgan fingerprint density at radius 3 is 1.02 bits per heavy atom. The van der Waals surface area contributed by atoms with Gasteiger partial charge in [-0.3, -0.25) is 0 Å². The first-order chi connectivity index (χ1) is 25.9. The maximum Gasteiger partial charge on any atom is -1.00 e. The Morgan fingerprint density at radius 1 is 0.466 bits per heavy atom. The molecule has 0 spiro atoms. The van der Waals surface area contributed by atoms with Gasteiger partial charge in [-0.15, -0.1) is 0 Å². The standard InChI is InChI=1S/2C26H33.C3H6.2ClH.Zr/c2*1-17(2)19-12-18-10-9-11-23(24(18)15-19)20-13-21(25(3,4)5)16-22(14-20)26(6,7)8;1-3-2;;;/h2*9-17H,1-8H3;1-3H2;2*1H;/q;;;;;+2/p-2. The number of allylic oxidation sites excluding steroid dienone is 2. The second-order valence-corrected chi connectivity index (χ2v) is 34.1. The molecule has 1 fully saturated rings. The molecule has 3 aliphatic rings. The number of hydrogen-bond donors (Lipinski definition) is 0. The van der Waals surface area contributed by atoms with E-state index in [0.29, 0.717) is 19.1 Å². The summed E-state index contributed by atoms with van der Waals surface area (Å²) in [6.45, 7) is 38.3. The van der Waals surface area contributed by atoms with E-state index < -0.39 is 20.3 Å². The van der Waals surface area contributed by atoms with Crippen molar-refractivity contribution in [2.24, 2.45) is 11.8 Å². The fraction of sp³-hybridized carbons (Fsp3) is 0.491. The Labute approximate surface area is 371 Å². The fourth-order valence-corrected chi connectivity index (χ4v) is 26.4. The van der Waals surface area contributed by atoms with Gasteiger partial charge in [-0.1, -0.05) is 0 Å². The molecule has 1 heterocycles. The number of benzene rings is 4. The molecule has 0 radical (unpaired) electrons. The number of hydrogen-bond acceptors (Lipinski definition) is 0. The molecule has 1 aliphatic heterocycles. The molecule has 0 N–H and O–H groups in total. The van der Waals surface area contributed by atoms with Crippen LogP contribution in [-0.4, -0.2) is 0 Å². The molecule has 7 rings (SSSR count). The Kier molecular flexibility index (Phi) is 13.1. The largest absolute Gasteiger partial charge is 1.00 e. The summed E-state index contributed by atoms with van der Waals surface area (Å²) >= 11 is -3.07. The van der Waals surface area contributed by atoms with Gasteiger partial charge in [0.05, 0.1) is 0 Å². The van der Waals surface area contributed by atoms with Crippen molar-refractivity contribution in [3.63, 3.8) is 0 Å². The van der Waals surface area contributed by atoms with Crippen molar-refractivity contribution in [2.45, 2.75) is 154 Å². The summed E-state index contributed by atoms with van der Waals surface area (Å²) in [6, 6.07) is 29.8. The van der Waals surface area contributed by atoms with Gasteiger partial charge in [0.25, 0.3) is 0 Å². The zero-order valence-electron chi connectivity index (χ0n) is 38.8. The summed E-state index contributed by atoms with van der Waals surface area (Å²) < 4.78 is 4.18.